The number of urea groups is 1. The molecular weight excluding hydrogens is 587 g/mol. The Balaban J connectivity index is 0.00000124. The van der Waals surface area contributed by atoms with E-state index in [9.17, 15) is 13.2 Å². The van der Waals surface area contributed by atoms with Crippen LogP contribution in [0.15, 0.2) is 65.6 Å². The summed E-state index contributed by atoms with van der Waals surface area (Å²) in [6.07, 6.45) is 0. The summed E-state index contributed by atoms with van der Waals surface area (Å²) in [6, 6.07) is 17.1. The fraction of sp³-hybridized carbons (Fsp3) is 0.345. The zero-order valence-corrected chi connectivity index (χ0v) is 25.3. The van der Waals surface area contributed by atoms with Crippen molar-refractivity contribution < 1.29 is 22.2 Å². The molecule has 220 valence electrons. The van der Waals surface area contributed by atoms with Gasteiger partial charge in [-0.05, 0) is 71.6 Å². The van der Waals surface area contributed by atoms with Crippen LogP contribution in [0.4, 0.5) is 16.2 Å². The number of rotatable bonds is 7. The Morgan fingerprint density at radius 1 is 1.05 bits per heavy atom. The number of benzene rings is 3. The number of ether oxygens (including phenoxy) is 1. The molecule has 0 aromatic heterocycles. The first kappa shape index (κ1) is 31.1. The van der Waals surface area contributed by atoms with Gasteiger partial charge in [0.05, 0.1) is 48.9 Å². The van der Waals surface area contributed by atoms with Crippen LogP contribution >= 0.6 is 23.5 Å². The fourth-order valence-corrected chi connectivity index (χ4v) is 6.43. The molecule has 3 N–H and O–H groups in total. The normalized spacial score (nSPS) is 15.4. The Labute approximate surface area is 251 Å². The molecule has 0 radical (unpaired) electrons. The average molecular weight is 622 g/mol. The van der Waals surface area contributed by atoms with Crippen molar-refractivity contribution >= 4 is 50.7 Å². The number of fused-ring (bicyclic) bond motifs is 1. The summed E-state index contributed by atoms with van der Waals surface area (Å²) in [5.41, 5.74) is 5.46. The smallest absolute Gasteiger partial charge is 0.319 e. The SMILES string of the molecule is CC(NC(=O)Nc1ccc(S(=O)(=O)Cc2ccc3c(c2)CNC3)cc1)c1cc(N2CCOCC2)ccc1Cl.COCl. The zero-order chi connectivity index (χ0) is 29.4. The van der Waals surface area contributed by atoms with Crippen LogP contribution in [0.5, 0.6) is 0 Å². The second-order valence-corrected chi connectivity index (χ2v) is 12.5. The lowest BCUT2D eigenvalue weighted by Crippen LogP contribution is -2.36. The molecule has 41 heavy (non-hydrogen) atoms. The van der Waals surface area contributed by atoms with Gasteiger partial charge < -0.3 is 25.6 Å². The number of anilines is 2. The van der Waals surface area contributed by atoms with Crippen molar-refractivity contribution in [2.45, 2.75) is 36.7 Å². The second-order valence-electron chi connectivity index (χ2n) is 9.77. The third-order valence-corrected chi connectivity index (χ3v) is 8.95. The molecule has 2 aliphatic rings. The van der Waals surface area contributed by atoms with Gasteiger partial charge in [0.1, 0.15) is 0 Å². The molecule has 3 aromatic rings. The van der Waals surface area contributed by atoms with Gasteiger partial charge in [-0.3, -0.25) is 4.29 Å². The molecule has 1 fully saturated rings. The van der Waals surface area contributed by atoms with Crippen LogP contribution in [0.2, 0.25) is 5.02 Å². The van der Waals surface area contributed by atoms with Crippen LogP contribution in [0, 0.1) is 0 Å². The second kappa shape index (κ2) is 14.4. The van der Waals surface area contributed by atoms with Crippen LogP contribution in [-0.4, -0.2) is 47.9 Å². The van der Waals surface area contributed by atoms with Crippen molar-refractivity contribution in [1.29, 1.82) is 0 Å². The summed E-state index contributed by atoms with van der Waals surface area (Å²) in [5.74, 6) is -0.0741. The van der Waals surface area contributed by atoms with Crippen molar-refractivity contribution in [3.05, 3.63) is 87.9 Å². The maximum absolute atomic E-state index is 13.0. The molecule has 0 spiro atoms. The van der Waals surface area contributed by atoms with Gasteiger partial charge in [0.25, 0.3) is 0 Å². The first-order valence-electron chi connectivity index (χ1n) is 13.2. The maximum atomic E-state index is 13.0. The van der Waals surface area contributed by atoms with Crippen LogP contribution in [0.1, 0.15) is 35.2 Å². The molecule has 0 aliphatic carbocycles. The van der Waals surface area contributed by atoms with E-state index in [1.165, 1.54) is 24.8 Å². The van der Waals surface area contributed by atoms with Gasteiger partial charge >= 0.3 is 6.03 Å². The van der Waals surface area contributed by atoms with Gasteiger partial charge in [0, 0.05) is 42.6 Å². The fourth-order valence-electron chi connectivity index (χ4n) is 4.81. The Bertz CT molecular complexity index is 1450. The molecule has 2 amide bonds. The van der Waals surface area contributed by atoms with Crippen LogP contribution in [-0.2, 0) is 37.7 Å². The number of amides is 2. The molecule has 9 nitrogen and oxygen atoms in total. The summed E-state index contributed by atoms with van der Waals surface area (Å²) in [6.45, 7) is 6.42. The third-order valence-electron chi connectivity index (χ3n) is 6.90. The van der Waals surface area contributed by atoms with Gasteiger partial charge in [0.15, 0.2) is 9.84 Å². The third kappa shape index (κ3) is 8.34. The summed E-state index contributed by atoms with van der Waals surface area (Å²) >= 11 is 10.9. The van der Waals surface area contributed by atoms with E-state index in [1.54, 1.807) is 12.1 Å². The quantitative estimate of drug-likeness (QED) is 0.323. The molecule has 2 heterocycles. The number of carbonyl (C=O) groups is 1. The van der Waals surface area contributed by atoms with Gasteiger partial charge in [-0.15, -0.1) is 0 Å². The van der Waals surface area contributed by atoms with Crippen LogP contribution in [0.25, 0.3) is 0 Å². The Hall–Kier alpha value is -2.86. The lowest BCUT2D eigenvalue weighted by Gasteiger charge is -2.30. The zero-order valence-electron chi connectivity index (χ0n) is 23.0. The van der Waals surface area contributed by atoms with Gasteiger partial charge in [-0.1, -0.05) is 29.8 Å². The monoisotopic (exact) mass is 620 g/mol. The summed E-state index contributed by atoms with van der Waals surface area (Å²) in [5, 5.41) is 9.53. The van der Waals surface area contributed by atoms with Crippen molar-refractivity contribution in [2.24, 2.45) is 0 Å². The lowest BCUT2D eigenvalue weighted by molar-refractivity contribution is 0.122. The maximum Gasteiger partial charge on any atom is 0.319 e. The van der Waals surface area contributed by atoms with E-state index in [2.05, 4.69) is 37.0 Å². The first-order valence-corrected chi connectivity index (χ1v) is 15.5. The van der Waals surface area contributed by atoms with Crippen molar-refractivity contribution in [3.63, 3.8) is 0 Å². The molecule has 0 saturated carbocycles. The van der Waals surface area contributed by atoms with E-state index in [0.717, 1.165) is 48.6 Å². The Morgan fingerprint density at radius 2 is 1.73 bits per heavy atom. The van der Waals surface area contributed by atoms with Gasteiger partial charge in [-0.25, -0.2) is 13.2 Å². The molecule has 2 aliphatic heterocycles. The highest BCUT2D eigenvalue weighted by molar-refractivity contribution is 7.90. The Morgan fingerprint density at radius 3 is 2.44 bits per heavy atom. The standard InChI is InChI=1S/C28H31ClN4O4S.CH3ClO/c1-19(26-15-24(6-9-27(26)29)33-10-12-37-13-11-33)31-28(34)32-23-4-7-25(8-5-23)38(35,36)18-20-2-3-21-16-30-17-22(21)14-20;1-3-2/h2-9,14-15,19,30H,10-13,16-18H2,1H3,(H2,31,32,34);1H3. The number of nitrogens with zero attached hydrogens (tertiary/aromatic N) is 1. The number of hydrogen-bond acceptors (Lipinski definition) is 7. The largest absolute Gasteiger partial charge is 0.378 e. The minimum absolute atomic E-state index is 0.0741. The molecule has 5 rings (SSSR count). The van der Waals surface area contributed by atoms with E-state index in [0.29, 0.717) is 23.9 Å². The highest BCUT2D eigenvalue weighted by atomic mass is 35.5. The van der Waals surface area contributed by atoms with E-state index < -0.39 is 15.9 Å². The number of nitrogens with one attached hydrogen (secondary N) is 3. The highest BCUT2D eigenvalue weighted by Gasteiger charge is 2.19. The highest BCUT2D eigenvalue weighted by Crippen LogP contribution is 2.29. The number of halogens is 2. The van der Waals surface area contributed by atoms with Crippen molar-refractivity contribution in [1.82, 2.24) is 10.6 Å². The van der Waals surface area contributed by atoms with Crippen LogP contribution in [0.3, 0.4) is 0 Å². The number of hydrogen-bond donors (Lipinski definition) is 3. The predicted molar refractivity (Wildman–Crippen MR) is 162 cm³/mol. The van der Waals surface area contributed by atoms with E-state index in [-0.39, 0.29) is 16.7 Å². The Kier molecular flexibility index (Phi) is 10.9. The minimum atomic E-state index is -3.52. The van der Waals surface area contributed by atoms with Crippen molar-refractivity contribution in [2.75, 3.05) is 43.6 Å². The van der Waals surface area contributed by atoms with E-state index >= 15 is 0 Å². The average Bonchev–Trinajstić information content (AvgIpc) is 3.42. The molecule has 1 atom stereocenters. The lowest BCUT2D eigenvalue weighted by atomic mass is 10.1. The molecule has 1 saturated heterocycles. The topological polar surface area (TPSA) is 109 Å². The molecular formula is C29H34Cl2N4O5S. The number of sulfone groups is 1. The summed E-state index contributed by atoms with van der Waals surface area (Å²) in [4.78, 5) is 15.1. The van der Waals surface area contributed by atoms with E-state index in [4.69, 9.17) is 16.3 Å². The van der Waals surface area contributed by atoms with Crippen molar-refractivity contribution in [3.8, 4) is 0 Å². The number of carbonyl (C=O) groups excluding carboxylic acids is 1. The number of morpholine rings is 1. The van der Waals surface area contributed by atoms with Gasteiger partial charge in [0.2, 0.25) is 0 Å². The predicted octanol–water partition coefficient (Wildman–Crippen LogP) is 5.42. The molecule has 3 aromatic carbocycles. The first-order chi connectivity index (χ1) is 19.7. The summed E-state index contributed by atoms with van der Waals surface area (Å²) < 4.78 is 35.1. The van der Waals surface area contributed by atoms with Gasteiger partial charge in [-0.2, -0.15) is 0 Å². The van der Waals surface area contributed by atoms with Crippen LogP contribution < -0.4 is 20.9 Å². The minimum Gasteiger partial charge on any atom is -0.378 e. The molecule has 0 bridgehead atoms. The summed E-state index contributed by atoms with van der Waals surface area (Å²) in [7, 11) is -2.13. The molecule has 12 heteroatoms. The molecule has 1 unspecified atom stereocenters. The van der Waals surface area contributed by atoms with E-state index in [1.807, 2.05) is 43.3 Å².